The summed E-state index contributed by atoms with van der Waals surface area (Å²) < 4.78 is 5.09. The van der Waals surface area contributed by atoms with E-state index in [0.717, 1.165) is 12.1 Å². The molecule has 3 heteroatoms. The Hall–Kier alpha value is -1.61. The molecule has 1 heterocycles. The van der Waals surface area contributed by atoms with E-state index in [9.17, 15) is 5.11 Å². The first-order valence-electron chi connectivity index (χ1n) is 5.47. The molecule has 0 fully saturated rings. The average Bonchev–Trinajstić information content (AvgIpc) is 2.78. The minimum Gasteiger partial charge on any atom is -0.385 e. The van der Waals surface area contributed by atoms with Gasteiger partial charge in [-0.05, 0) is 12.0 Å². The van der Waals surface area contributed by atoms with Gasteiger partial charge in [0.2, 0.25) is 0 Å². The first-order chi connectivity index (χ1) is 7.79. The van der Waals surface area contributed by atoms with E-state index in [-0.39, 0.29) is 0 Å². The van der Waals surface area contributed by atoms with Crippen LogP contribution in [0.3, 0.4) is 0 Å². The van der Waals surface area contributed by atoms with E-state index in [1.807, 2.05) is 43.3 Å². The third-order valence-corrected chi connectivity index (χ3v) is 2.52. The van der Waals surface area contributed by atoms with Crippen LogP contribution in [0.25, 0.3) is 0 Å². The molecule has 0 aliphatic heterocycles. The van der Waals surface area contributed by atoms with Crippen molar-refractivity contribution in [1.29, 1.82) is 0 Å². The Morgan fingerprint density at radius 2 is 2.06 bits per heavy atom. The first-order valence-corrected chi connectivity index (χ1v) is 5.47. The molecule has 0 saturated carbocycles. The van der Waals surface area contributed by atoms with Crippen molar-refractivity contribution < 1.29 is 9.63 Å². The smallest absolute Gasteiger partial charge is 0.165 e. The summed E-state index contributed by atoms with van der Waals surface area (Å²) in [6.07, 6.45) is 0.831. The third-order valence-electron chi connectivity index (χ3n) is 2.52. The Morgan fingerprint density at radius 1 is 1.31 bits per heavy atom. The number of aliphatic hydroxyl groups excluding tert-OH is 1. The Balaban J connectivity index is 2.09. The van der Waals surface area contributed by atoms with E-state index < -0.39 is 6.10 Å². The molecule has 0 radical (unpaired) electrons. The molecule has 0 aliphatic carbocycles. The summed E-state index contributed by atoms with van der Waals surface area (Å²) in [6, 6.07) is 11.9. The van der Waals surface area contributed by atoms with Gasteiger partial charge in [-0.3, -0.25) is 0 Å². The van der Waals surface area contributed by atoms with Gasteiger partial charge in [0.25, 0.3) is 0 Å². The number of rotatable bonds is 4. The first kappa shape index (κ1) is 10.9. The zero-order chi connectivity index (χ0) is 11.4. The summed E-state index contributed by atoms with van der Waals surface area (Å²) >= 11 is 0. The quantitative estimate of drug-likeness (QED) is 0.856. The lowest BCUT2D eigenvalue weighted by molar-refractivity contribution is 0.135. The fourth-order valence-corrected chi connectivity index (χ4v) is 1.57. The maximum absolute atomic E-state index is 9.57. The largest absolute Gasteiger partial charge is 0.385 e. The summed E-state index contributed by atoms with van der Waals surface area (Å²) in [6.45, 7) is 1.91. The summed E-state index contributed by atoms with van der Waals surface area (Å²) in [4.78, 5) is 0. The van der Waals surface area contributed by atoms with Gasteiger partial charge in [0.1, 0.15) is 6.10 Å². The van der Waals surface area contributed by atoms with Crippen molar-refractivity contribution in [1.82, 2.24) is 5.16 Å². The Kier molecular flexibility index (Phi) is 3.37. The fourth-order valence-electron chi connectivity index (χ4n) is 1.57. The van der Waals surface area contributed by atoms with Crippen LogP contribution < -0.4 is 0 Å². The van der Waals surface area contributed by atoms with Gasteiger partial charge >= 0.3 is 0 Å². The van der Waals surface area contributed by atoms with Crippen molar-refractivity contribution in [3.8, 4) is 0 Å². The molecule has 2 aromatic rings. The second-order valence-electron chi connectivity index (χ2n) is 3.81. The minimum absolute atomic E-state index is 0.544. The molecule has 0 amide bonds. The fraction of sp³-hybridized carbons (Fsp3) is 0.308. The van der Waals surface area contributed by atoms with Crippen LogP contribution in [0, 0.1) is 0 Å². The molecule has 1 N–H and O–H groups in total. The molecular formula is C13H15NO2. The zero-order valence-electron chi connectivity index (χ0n) is 9.26. The van der Waals surface area contributed by atoms with Gasteiger partial charge in [0.15, 0.2) is 5.76 Å². The number of nitrogens with zero attached hydrogens (tertiary/aromatic N) is 1. The van der Waals surface area contributed by atoms with Gasteiger partial charge in [0, 0.05) is 12.5 Å². The van der Waals surface area contributed by atoms with E-state index in [2.05, 4.69) is 5.16 Å². The number of aromatic nitrogens is 1. The molecule has 0 aliphatic rings. The standard InChI is InChI=1S/C13H15NO2/c1-2-12(15)13-9-11(14-16-13)8-10-6-4-3-5-7-10/h3-7,9,12,15H,2,8H2,1H3. The third kappa shape index (κ3) is 2.49. The van der Waals surface area contributed by atoms with Gasteiger partial charge < -0.3 is 9.63 Å². The van der Waals surface area contributed by atoms with Gasteiger partial charge in [0.05, 0.1) is 5.69 Å². The van der Waals surface area contributed by atoms with Crippen LogP contribution in [0.1, 0.15) is 36.5 Å². The van der Waals surface area contributed by atoms with E-state index >= 15 is 0 Å². The van der Waals surface area contributed by atoms with Crippen molar-refractivity contribution in [2.75, 3.05) is 0 Å². The Labute approximate surface area is 94.7 Å². The molecule has 0 bridgehead atoms. The Morgan fingerprint density at radius 3 is 2.75 bits per heavy atom. The molecule has 84 valence electrons. The summed E-state index contributed by atoms with van der Waals surface area (Å²) in [7, 11) is 0. The van der Waals surface area contributed by atoms with Gasteiger partial charge in [-0.2, -0.15) is 0 Å². The molecule has 0 spiro atoms. The monoisotopic (exact) mass is 217 g/mol. The van der Waals surface area contributed by atoms with Crippen molar-refractivity contribution in [3.63, 3.8) is 0 Å². The molecule has 1 unspecified atom stereocenters. The molecular weight excluding hydrogens is 202 g/mol. The maximum atomic E-state index is 9.57. The van der Waals surface area contributed by atoms with Gasteiger partial charge in [-0.25, -0.2) is 0 Å². The predicted molar refractivity (Wildman–Crippen MR) is 61.0 cm³/mol. The summed E-state index contributed by atoms with van der Waals surface area (Å²) in [5, 5.41) is 13.5. The molecule has 1 aromatic heterocycles. The average molecular weight is 217 g/mol. The topological polar surface area (TPSA) is 46.3 Å². The lowest BCUT2D eigenvalue weighted by atomic mass is 10.1. The Bertz CT molecular complexity index is 436. The highest BCUT2D eigenvalue weighted by Crippen LogP contribution is 2.18. The van der Waals surface area contributed by atoms with Gasteiger partial charge in [-0.15, -0.1) is 0 Å². The van der Waals surface area contributed by atoms with Crippen LogP contribution in [0.5, 0.6) is 0 Å². The van der Waals surface area contributed by atoms with E-state index in [1.54, 1.807) is 0 Å². The van der Waals surface area contributed by atoms with Crippen molar-refractivity contribution in [3.05, 3.63) is 53.4 Å². The highest BCUT2D eigenvalue weighted by atomic mass is 16.5. The second-order valence-corrected chi connectivity index (χ2v) is 3.81. The van der Waals surface area contributed by atoms with Crippen LogP contribution in [0.4, 0.5) is 0 Å². The SMILES string of the molecule is CCC(O)c1cc(Cc2ccccc2)no1. The lowest BCUT2D eigenvalue weighted by Crippen LogP contribution is -1.91. The van der Waals surface area contributed by atoms with E-state index in [0.29, 0.717) is 12.2 Å². The molecule has 3 nitrogen and oxygen atoms in total. The zero-order valence-corrected chi connectivity index (χ0v) is 9.26. The predicted octanol–water partition coefficient (Wildman–Crippen LogP) is 2.71. The van der Waals surface area contributed by atoms with Crippen LogP contribution in [-0.2, 0) is 6.42 Å². The molecule has 0 saturated heterocycles. The minimum atomic E-state index is -0.544. The van der Waals surface area contributed by atoms with Crippen LogP contribution >= 0.6 is 0 Å². The highest BCUT2D eigenvalue weighted by molar-refractivity contribution is 5.21. The number of hydrogen-bond donors (Lipinski definition) is 1. The molecule has 16 heavy (non-hydrogen) atoms. The van der Waals surface area contributed by atoms with Crippen molar-refractivity contribution in [2.45, 2.75) is 25.9 Å². The normalized spacial score (nSPS) is 12.6. The summed E-state index contributed by atoms with van der Waals surface area (Å²) in [5.41, 5.74) is 2.04. The maximum Gasteiger partial charge on any atom is 0.165 e. The molecule has 1 aromatic carbocycles. The molecule has 1 atom stereocenters. The number of hydrogen-bond acceptors (Lipinski definition) is 3. The van der Waals surface area contributed by atoms with E-state index in [4.69, 9.17) is 4.52 Å². The summed E-state index contributed by atoms with van der Waals surface area (Å²) in [5.74, 6) is 0.549. The number of aliphatic hydroxyl groups is 1. The van der Waals surface area contributed by atoms with Crippen LogP contribution in [0.2, 0.25) is 0 Å². The molecule has 2 rings (SSSR count). The highest BCUT2D eigenvalue weighted by Gasteiger charge is 2.11. The van der Waals surface area contributed by atoms with E-state index in [1.165, 1.54) is 5.56 Å². The second kappa shape index (κ2) is 4.94. The van der Waals surface area contributed by atoms with Crippen LogP contribution in [-0.4, -0.2) is 10.3 Å². The van der Waals surface area contributed by atoms with Crippen LogP contribution in [0.15, 0.2) is 40.9 Å². The van der Waals surface area contributed by atoms with Gasteiger partial charge in [-0.1, -0.05) is 42.4 Å². The number of benzene rings is 1. The lowest BCUT2D eigenvalue weighted by Gasteiger charge is -1.99. The van der Waals surface area contributed by atoms with Crippen molar-refractivity contribution >= 4 is 0 Å². The van der Waals surface area contributed by atoms with Crippen molar-refractivity contribution in [2.24, 2.45) is 0 Å².